The SMILES string of the molecule is CCCC(C=CS(=O)(=O)c1ccccc1)NC(=O)c1cccc2cccnc12. The van der Waals surface area contributed by atoms with Crippen LogP contribution in [0, 0.1) is 0 Å². The highest BCUT2D eigenvalue weighted by Gasteiger charge is 2.16. The van der Waals surface area contributed by atoms with E-state index in [4.69, 9.17) is 0 Å². The van der Waals surface area contributed by atoms with Crippen LogP contribution in [0.3, 0.4) is 0 Å². The summed E-state index contributed by atoms with van der Waals surface area (Å²) in [6.45, 7) is 1.98. The molecule has 0 fully saturated rings. The summed E-state index contributed by atoms with van der Waals surface area (Å²) in [4.78, 5) is 17.3. The van der Waals surface area contributed by atoms with Crippen molar-refractivity contribution in [1.82, 2.24) is 10.3 Å². The highest BCUT2D eigenvalue weighted by atomic mass is 32.2. The van der Waals surface area contributed by atoms with Crippen LogP contribution in [0.1, 0.15) is 30.1 Å². The molecule has 0 radical (unpaired) electrons. The lowest BCUT2D eigenvalue weighted by Crippen LogP contribution is -2.33. The molecule has 6 heteroatoms. The van der Waals surface area contributed by atoms with Gasteiger partial charge in [-0.2, -0.15) is 0 Å². The van der Waals surface area contributed by atoms with Gasteiger partial charge in [-0.05, 0) is 30.7 Å². The Morgan fingerprint density at radius 2 is 1.82 bits per heavy atom. The highest BCUT2D eigenvalue weighted by Crippen LogP contribution is 2.17. The van der Waals surface area contributed by atoms with Gasteiger partial charge in [-0.25, -0.2) is 8.42 Å². The normalized spacial score (nSPS) is 12.9. The second-order valence-electron chi connectivity index (χ2n) is 6.44. The fourth-order valence-corrected chi connectivity index (χ4v) is 4.04. The van der Waals surface area contributed by atoms with Crippen molar-refractivity contribution in [2.75, 3.05) is 0 Å². The van der Waals surface area contributed by atoms with Gasteiger partial charge in [-0.1, -0.05) is 55.8 Å². The number of nitrogens with one attached hydrogen (secondary N) is 1. The molecule has 144 valence electrons. The second kappa shape index (κ2) is 8.80. The number of aromatic nitrogens is 1. The van der Waals surface area contributed by atoms with Crippen molar-refractivity contribution in [3.63, 3.8) is 0 Å². The van der Waals surface area contributed by atoms with Crippen LogP contribution < -0.4 is 5.32 Å². The number of fused-ring (bicyclic) bond motifs is 1. The van der Waals surface area contributed by atoms with Crippen LogP contribution in [0.4, 0.5) is 0 Å². The summed E-state index contributed by atoms with van der Waals surface area (Å²) >= 11 is 0. The molecule has 1 amide bonds. The number of hydrogen-bond acceptors (Lipinski definition) is 4. The first-order valence-electron chi connectivity index (χ1n) is 9.14. The lowest BCUT2D eigenvalue weighted by molar-refractivity contribution is 0.0944. The number of carbonyl (C=O) groups is 1. The van der Waals surface area contributed by atoms with Gasteiger partial charge in [0, 0.05) is 23.0 Å². The third-order valence-electron chi connectivity index (χ3n) is 4.36. The standard InChI is InChI=1S/C22H22N2O3S/c1-2-8-18(14-16-28(26,27)19-11-4-3-5-12-19)24-22(25)20-13-6-9-17-10-7-15-23-21(17)20/h3-7,9-16,18H,2,8H2,1H3,(H,24,25). The van der Waals surface area contributed by atoms with E-state index in [0.717, 1.165) is 11.8 Å². The first kappa shape index (κ1) is 19.8. The van der Waals surface area contributed by atoms with E-state index in [2.05, 4.69) is 10.3 Å². The molecule has 0 aliphatic carbocycles. The summed E-state index contributed by atoms with van der Waals surface area (Å²) in [6.07, 6.45) is 4.62. The Balaban J connectivity index is 1.82. The molecule has 2 aromatic carbocycles. The molecular formula is C22H22N2O3S. The van der Waals surface area contributed by atoms with Crippen LogP contribution in [0.5, 0.6) is 0 Å². The molecule has 3 rings (SSSR count). The molecule has 3 aromatic rings. The Labute approximate surface area is 165 Å². The van der Waals surface area contributed by atoms with E-state index in [0.29, 0.717) is 17.5 Å². The van der Waals surface area contributed by atoms with E-state index in [1.54, 1.807) is 48.7 Å². The number of carbonyl (C=O) groups excluding carboxylic acids is 1. The van der Waals surface area contributed by atoms with Crippen molar-refractivity contribution in [3.8, 4) is 0 Å². The minimum atomic E-state index is -3.55. The Hall–Kier alpha value is -2.99. The lowest BCUT2D eigenvalue weighted by atomic mass is 10.1. The van der Waals surface area contributed by atoms with Crippen molar-refractivity contribution < 1.29 is 13.2 Å². The maximum Gasteiger partial charge on any atom is 0.253 e. The number of sulfone groups is 1. The molecular weight excluding hydrogens is 372 g/mol. The molecule has 5 nitrogen and oxygen atoms in total. The molecule has 1 unspecified atom stereocenters. The van der Waals surface area contributed by atoms with Crippen LogP contribution >= 0.6 is 0 Å². The van der Waals surface area contributed by atoms with Crippen LogP contribution in [0.25, 0.3) is 10.9 Å². The van der Waals surface area contributed by atoms with Gasteiger partial charge in [0.15, 0.2) is 9.84 Å². The van der Waals surface area contributed by atoms with Crippen molar-refractivity contribution in [3.05, 3.63) is 83.9 Å². The topological polar surface area (TPSA) is 76.1 Å². The van der Waals surface area contributed by atoms with Gasteiger partial charge in [-0.3, -0.25) is 9.78 Å². The minimum absolute atomic E-state index is 0.228. The monoisotopic (exact) mass is 394 g/mol. The quantitative estimate of drug-likeness (QED) is 0.654. The molecule has 1 heterocycles. The highest BCUT2D eigenvalue weighted by molar-refractivity contribution is 7.94. The zero-order valence-corrected chi connectivity index (χ0v) is 16.4. The van der Waals surface area contributed by atoms with E-state index in [-0.39, 0.29) is 10.8 Å². The minimum Gasteiger partial charge on any atom is -0.346 e. The maximum absolute atomic E-state index is 12.8. The van der Waals surface area contributed by atoms with Gasteiger partial charge in [-0.15, -0.1) is 0 Å². The predicted octanol–water partition coefficient (Wildman–Crippen LogP) is 4.12. The van der Waals surface area contributed by atoms with Crippen LogP contribution in [-0.4, -0.2) is 25.4 Å². The molecule has 1 aromatic heterocycles. The van der Waals surface area contributed by atoms with Gasteiger partial charge in [0.2, 0.25) is 0 Å². The number of rotatable bonds is 7. The Bertz CT molecular complexity index is 1090. The van der Waals surface area contributed by atoms with Crippen LogP contribution in [0.15, 0.2) is 83.2 Å². The third kappa shape index (κ3) is 4.64. The fourth-order valence-electron chi connectivity index (χ4n) is 2.95. The van der Waals surface area contributed by atoms with E-state index in [1.165, 1.54) is 5.41 Å². The number of para-hydroxylation sites is 1. The summed E-state index contributed by atoms with van der Waals surface area (Å²) in [6, 6.07) is 17.0. The molecule has 0 saturated heterocycles. The van der Waals surface area contributed by atoms with E-state index in [9.17, 15) is 13.2 Å². The first-order chi connectivity index (χ1) is 13.5. The van der Waals surface area contributed by atoms with Crippen LogP contribution in [-0.2, 0) is 9.84 Å². The van der Waals surface area contributed by atoms with Gasteiger partial charge in [0.1, 0.15) is 0 Å². The van der Waals surface area contributed by atoms with E-state index >= 15 is 0 Å². The van der Waals surface area contributed by atoms with Gasteiger partial charge >= 0.3 is 0 Å². The molecule has 0 aliphatic rings. The van der Waals surface area contributed by atoms with E-state index < -0.39 is 15.9 Å². The van der Waals surface area contributed by atoms with Crippen molar-refractivity contribution >= 4 is 26.6 Å². The molecule has 0 saturated carbocycles. The zero-order chi connectivity index (χ0) is 20.0. The van der Waals surface area contributed by atoms with Crippen LogP contribution in [0.2, 0.25) is 0 Å². The number of pyridine rings is 1. The molecule has 0 aliphatic heterocycles. The molecule has 1 N–H and O–H groups in total. The summed E-state index contributed by atoms with van der Waals surface area (Å²) in [5, 5.41) is 4.97. The number of nitrogens with zero attached hydrogens (tertiary/aromatic N) is 1. The van der Waals surface area contributed by atoms with Gasteiger partial charge in [0.05, 0.1) is 16.0 Å². The average Bonchev–Trinajstić information content (AvgIpc) is 2.72. The van der Waals surface area contributed by atoms with Gasteiger partial charge in [0.25, 0.3) is 5.91 Å². The Morgan fingerprint density at radius 1 is 1.07 bits per heavy atom. The number of benzene rings is 2. The fraction of sp³-hybridized carbons (Fsp3) is 0.182. The third-order valence-corrected chi connectivity index (χ3v) is 5.80. The summed E-state index contributed by atoms with van der Waals surface area (Å²) in [5.41, 5.74) is 1.09. The second-order valence-corrected chi connectivity index (χ2v) is 8.27. The average molecular weight is 394 g/mol. The molecule has 0 bridgehead atoms. The number of amides is 1. The molecule has 28 heavy (non-hydrogen) atoms. The Kier molecular flexibility index (Phi) is 6.21. The summed E-state index contributed by atoms with van der Waals surface area (Å²) in [5.74, 6) is -0.274. The molecule has 0 spiro atoms. The Morgan fingerprint density at radius 3 is 2.57 bits per heavy atom. The number of hydrogen-bond donors (Lipinski definition) is 1. The van der Waals surface area contributed by atoms with E-state index in [1.807, 2.05) is 31.2 Å². The maximum atomic E-state index is 12.8. The molecule has 1 atom stereocenters. The van der Waals surface area contributed by atoms with Crippen molar-refractivity contribution in [2.24, 2.45) is 0 Å². The largest absolute Gasteiger partial charge is 0.346 e. The summed E-state index contributed by atoms with van der Waals surface area (Å²) in [7, 11) is -3.55. The first-order valence-corrected chi connectivity index (χ1v) is 10.7. The zero-order valence-electron chi connectivity index (χ0n) is 15.6. The smallest absolute Gasteiger partial charge is 0.253 e. The summed E-state index contributed by atoms with van der Waals surface area (Å²) < 4.78 is 24.9. The van der Waals surface area contributed by atoms with Crippen molar-refractivity contribution in [2.45, 2.75) is 30.7 Å². The lowest BCUT2D eigenvalue weighted by Gasteiger charge is -2.15. The predicted molar refractivity (Wildman–Crippen MR) is 111 cm³/mol. The van der Waals surface area contributed by atoms with Crippen molar-refractivity contribution in [1.29, 1.82) is 0 Å². The van der Waals surface area contributed by atoms with Gasteiger partial charge < -0.3 is 5.32 Å².